The number of nitrogens with one attached hydrogen (secondary N) is 2. The van der Waals surface area contributed by atoms with Gasteiger partial charge in [-0.15, -0.1) is 0 Å². The number of piperazine rings is 1. The van der Waals surface area contributed by atoms with Gasteiger partial charge in [0.15, 0.2) is 0 Å². The van der Waals surface area contributed by atoms with E-state index >= 15 is 0 Å². The maximum absolute atomic E-state index is 13.9. The van der Waals surface area contributed by atoms with E-state index in [2.05, 4.69) is 15.5 Å². The number of hydrogen-bond donors (Lipinski definition) is 2. The number of anilines is 1. The minimum Gasteiger partial charge on any atom is -0.340 e. The Bertz CT molecular complexity index is 1010. The van der Waals surface area contributed by atoms with Crippen LogP contribution in [-0.2, 0) is 4.79 Å². The Hall–Kier alpha value is -3.07. The molecule has 2 N–H and O–H groups in total. The lowest BCUT2D eigenvalue weighted by molar-refractivity contribution is -0.137. The number of likely N-dealkylation sites (N-methyl/N-ethyl adjacent to an activating group) is 1. The SMILES string of the molecule is CN1CCN(C(=O)[C@H]2C[C@@H](NC(=O)Nc3ccc(F)cc3F)C[C@@H]2c2ccc(F)cc2)CC1. The van der Waals surface area contributed by atoms with Gasteiger partial charge >= 0.3 is 6.03 Å². The molecular formula is C24H27F3N4O2. The molecule has 1 saturated carbocycles. The van der Waals surface area contributed by atoms with E-state index in [0.717, 1.165) is 30.8 Å². The quantitative estimate of drug-likeness (QED) is 0.734. The van der Waals surface area contributed by atoms with Gasteiger partial charge in [0.1, 0.15) is 17.5 Å². The van der Waals surface area contributed by atoms with Gasteiger partial charge in [0.05, 0.1) is 5.69 Å². The number of carbonyl (C=O) groups is 2. The lowest BCUT2D eigenvalue weighted by Crippen LogP contribution is -2.49. The highest BCUT2D eigenvalue weighted by Gasteiger charge is 2.42. The Morgan fingerprint density at radius 2 is 1.58 bits per heavy atom. The van der Waals surface area contributed by atoms with Gasteiger partial charge in [0.2, 0.25) is 5.91 Å². The largest absolute Gasteiger partial charge is 0.340 e. The Kier molecular flexibility index (Phi) is 6.88. The third kappa shape index (κ3) is 5.47. The van der Waals surface area contributed by atoms with Crippen molar-refractivity contribution in [1.82, 2.24) is 15.1 Å². The molecule has 33 heavy (non-hydrogen) atoms. The summed E-state index contributed by atoms with van der Waals surface area (Å²) in [6.45, 7) is 2.88. The van der Waals surface area contributed by atoms with Gasteiger partial charge < -0.3 is 20.4 Å². The number of nitrogens with zero attached hydrogens (tertiary/aromatic N) is 2. The van der Waals surface area contributed by atoms with Crippen molar-refractivity contribution in [2.75, 3.05) is 38.5 Å². The normalized spacial score (nSPS) is 23.4. The molecule has 1 aliphatic carbocycles. The highest BCUT2D eigenvalue weighted by molar-refractivity contribution is 5.89. The molecule has 0 aromatic heterocycles. The Morgan fingerprint density at radius 1 is 0.909 bits per heavy atom. The summed E-state index contributed by atoms with van der Waals surface area (Å²) in [6, 6.07) is 8.06. The van der Waals surface area contributed by atoms with E-state index in [0.29, 0.717) is 32.0 Å². The molecule has 2 fully saturated rings. The fraction of sp³-hybridized carbons (Fsp3) is 0.417. The van der Waals surface area contributed by atoms with Crippen molar-refractivity contribution >= 4 is 17.6 Å². The van der Waals surface area contributed by atoms with Crippen LogP contribution in [0.4, 0.5) is 23.7 Å². The van der Waals surface area contributed by atoms with Crippen LogP contribution in [0.3, 0.4) is 0 Å². The van der Waals surface area contributed by atoms with Crippen molar-refractivity contribution in [1.29, 1.82) is 0 Å². The second-order valence-corrected chi connectivity index (χ2v) is 8.78. The monoisotopic (exact) mass is 460 g/mol. The zero-order chi connectivity index (χ0) is 23.5. The van der Waals surface area contributed by atoms with Gasteiger partial charge in [0.25, 0.3) is 0 Å². The summed E-state index contributed by atoms with van der Waals surface area (Å²) < 4.78 is 40.5. The van der Waals surface area contributed by atoms with Crippen molar-refractivity contribution in [2.45, 2.75) is 24.8 Å². The number of amides is 3. The van der Waals surface area contributed by atoms with Gasteiger partial charge in [-0.25, -0.2) is 18.0 Å². The minimum absolute atomic E-state index is 0.0340. The number of benzene rings is 2. The standard InChI is InChI=1S/C24H27F3N4O2/c1-30-8-10-31(11-9-30)23(32)20-14-18(13-19(20)15-2-4-16(25)5-3-15)28-24(33)29-22-7-6-17(26)12-21(22)27/h2-7,12,18-20H,8-11,13-14H2,1H3,(H2,28,29,33)/t18-,19+,20-/m0/s1. The fourth-order valence-corrected chi connectivity index (χ4v) is 4.70. The molecule has 2 aliphatic rings. The number of hydrogen-bond acceptors (Lipinski definition) is 3. The zero-order valence-corrected chi connectivity index (χ0v) is 18.4. The van der Waals surface area contributed by atoms with Crippen LogP contribution in [0.1, 0.15) is 24.3 Å². The van der Waals surface area contributed by atoms with Crippen molar-refractivity contribution in [3.8, 4) is 0 Å². The van der Waals surface area contributed by atoms with E-state index < -0.39 is 17.7 Å². The fourth-order valence-electron chi connectivity index (χ4n) is 4.70. The van der Waals surface area contributed by atoms with E-state index in [1.165, 1.54) is 12.1 Å². The first-order chi connectivity index (χ1) is 15.8. The van der Waals surface area contributed by atoms with Crippen LogP contribution in [0.25, 0.3) is 0 Å². The molecule has 2 aromatic carbocycles. The smallest absolute Gasteiger partial charge is 0.319 e. The highest BCUT2D eigenvalue weighted by atomic mass is 19.1. The van der Waals surface area contributed by atoms with Crippen molar-refractivity contribution < 1.29 is 22.8 Å². The van der Waals surface area contributed by atoms with Crippen molar-refractivity contribution in [2.24, 2.45) is 5.92 Å². The van der Waals surface area contributed by atoms with Crippen LogP contribution < -0.4 is 10.6 Å². The average Bonchev–Trinajstić information content (AvgIpc) is 3.20. The van der Waals surface area contributed by atoms with Crippen molar-refractivity contribution in [3.63, 3.8) is 0 Å². The van der Waals surface area contributed by atoms with Crippen LogP contribution >= 0.6 is 0 Å². The molecule has 6 nitrogen and oxygen atoms in total. The summed E-state index contributed by atoms with van der Waals surface area (Å²) in [4.78, 5) is 29.9. The predicted molar refractivity (Wildman–Crippen MR) is 118 cm³/mol. The molecule has 1 saturated heterocycles. The lowest BCUT2D eigenvalue weighted by atomic mass is 9.88. The Balaban J connectivity index is 1.47. The molecule has 0 bridgehead atoms. The second kappa shape index (κ2) is 9.82. The van der Waals surface area contributed by atoms with Gasteiger partial charge in [0, 0.05) is 44.2 Å². The molecular weight excluding hydrogens is 433 g/mol. The molecule has 0 radical (unpaired) electrons. The van der Waals surface area contributed by atoms with Crippen LogP contribution in [-0.4, -0.2) is 61.0 Å². The van der Waals surface area contributed by atoms with Crippen LogP contribution in [0, 0.1) is 23.4 Å². The maximum Gasteiger partial charge on any atom is 0.319 e. The first-order valence-corrected chi connectivity index (χ1v) is 11.1. The maximum atomic E-state index is 13.9. The number of urea groups is 1. The molecule has 1 aliphatic heterocycles. The average molecular weight is 461 g/mol. The highest BCUT2D eigenvalue weighted by Crippen LogP contribution is 2.41. The van der Waals surface area contributed by atoms with Gasteiger partial charge in [-0.2, -0.15) is 0 Å². The first kappa shape index (κ1) is 23.1. The molecule has 3 amide bonds. The zero-order valence-electron chi connectivity index (χ0n) is 18.4. The lowest BCUT2D eigenvalue weighted by Gasteiger charge is -2.35. The van der Waals surface area contributed by atoms with E-state index in [-0.39, 0.29) is 35.3 Å². The summed E-state index contributed by atoms with van der Waals surface area (Å²) >= 11 is 0. The predicted octanol–water partition coefficient (Wildman–Crippen LogP) is 3.56. The molecule has 3 atom stereocenters. The summed E-state index contributed by atoms with van der Waals surface area (Å²) in [5.41, 5.74) is 0.713. The van der Waals surface area contributed by atoms with E-state index in [4.69, 9.17) is 0 Å². The van der Waals surface area contributed by atoms with E-state index in [9.17, 15) is 22.8 Å². The molecule has 176 valence electrons. The molecule has 2 aromatic rings. The minimum atomic E-state index is -0.871. The molecule has 0 unspecified atom stereocenters. The molecule has 9 heteroatoms. The van der Waals surface area contributed by atoms with Gasteiger partial charge in [-0.05, 0) is 55.6 Å². The van der Waals surface area contributed by atoms with Crippen LogP contribution in [0.2, 0.25) is 0 Å². The molecule has 4 rings (SSSR count). The first-order valence-electron chi connectivity index (χ1n) is 11.1. The van der Waals surface area contributed by atoms with Crippen LogP contribution in [0.5, 0.6) is 0 Å². The van der Waals surface area contributed by atoms with Crippen molar-refractivity contribution in [3.05, 3.63) is 65.5 Å². The molecule has 0 spiro atoms. The second-order valence-electron chi connectivity index (χ2n) is 8.78. The summed E-state index contributed by atoms with van der Waals surface area (Å²) in [5, 5.41) is 5.21. The van der Waals surface area contributed by atoms with Crippen LogP contribution in [0.15, 0.2) is 42.5 Å². The number of carbonyl (C=O) groups excluding carboxylic acids is 2. The van der Waals surface area contributed by atoms with E-state index in [1.807, 2.05) is 11.9 Å². The molecule has 1 heterocycles. The Morgan fingerprint density at radius 3 is 2.24 bits per heavy atom. The number of halogens is 3. The van der Waals surface area contributed by atoms with E-state index in [1.54, 1.807) is 12.1 Å². The third-order valence-corrected chi connectivity index (χ3v) is 6.51. The summed E-state index contributed by atoms with van der Waals surface area (Å²) in [5.74, 6) is -2.45. The number of rotatable bonds is 4. The van der Waals surface area contributed by atoms with Gasteiger partial charge in [-0.1, -0.05) is 12.1 Å². The summed E-state index contributed by atoms with van der Waals surface area (Å²) in [6.07, 6.45) is 0.918. The van der Waals surface area contributed by atoms with Gasteiger partial charge in [-0.3, -0.25) is 4.79 Å². The summed E-state index contributed by atoms with van der Waals surface area (Å²) in [7, 11) is 2.02. The third-order valence-electron chi connectivity index (χ3n) is 6.51. The topological polar surface area (TPSA) is 64.7 Å². The Labute approximate surface area is 190 Å².